The Morgan fingerprint density at radius 1 is 1.18 bits per heavy atom. The van der Waals surface area contributed by atoms with E-state index in [-0.39, 0.29) is 13.1 Å². The summed E-state index contributed by atoms with van der Waals surface area (Å²) in [5.74, 6) is -0.537. The number of benzene rings is 1. The van der Waals surface area contributed by atoms with Gasteiger partial charge in [0.1, 0.15) is 11.1 Å². The molecule has 0 spiro atoms. The first kappa shape index (κ1) is 22.0. The molecule has 0 saturated carbocycles. The van der Waals surface area contributed by atoms with Gasteiger partial charge in [-0.3, -0.25) is 5.32 Å². The van der Waals surface area contributed by atoms with Crippen LogP contribution in [0.5, 0.6) is 0 Å². The van der Waals surface area contributed by atoms with Gasteiger partial charge in [-0.1, -0.05) is 12.1 Å². The van der Waals surface area contributed by atoms with Gasteiger partial charge in [0, 0.05) is 13.1 Å². The summed E-state index contributed by atoms with van der Waals surface area (Å²) in [6, 6.07) is 4.68. The van der Waals surface area contributed by atoms with E-state index in [1.54, 1.807) is 20.8 Å². The van der Waals surface area contributed by atoms with E-state index >= 15 is 0 Å². The van der Waals surface area contributed by atoms with Gasteiger partial charge in [-0.25, -0.2) is 9.59 Å². The number of ether oxygens (including phenoxy) is 2. The maximum atomic E-state index is 12.7. The predicted molar refractivity (Wildman–Crippen MR) is 95.5 cm³/mol. The second kappa shape index (κ2) is 7.98. The minimum absolute atomic E-state index is 0.0508. The van der Waals surface area contributed by atoms with E-state index in [0.717, 1.165) is 12.1 Å². The van der Waals surface area contributed by atoms with Crippen LogP contribution in [0, 0.1) is 0 Å². The molecule has 6 nitrogen and oxygen atoms in total. The Balaban J connectivity index is 2.08. The smallest absolute Gasteiger partial charge is 0.416 e. The highest BCUT2D eigenvalue weighted by molar-refractivity contribution is 5.83. The highest BCUT2D eigenvalue weighted by Gasteiger charge is 2.47. The molecule has 1 aromatic carbocycles. The summed E-state index contributed by atoms with van der Waals surface area (Å²) in [7, 11) is 1.25. The summed E-state index contributed by atoms with van der Waals surface area (Å²) in [5, 5.41) is 3.06. The molecule has 28 heavy (non-hydrogen) atoms. The largest absolute Gasteiger partial charge is 0.468 e. The maximum Gasteiger partial charge on any atom is 0.416 e. The molecular weight excluding hydrogens is 377 g/mol. The Hall–Kier alpha value is -2.29. The monoisotopic (exact) mass is 402 g/mol. The fraction of sp³-hybridized carbons (Fsp3) is 0.579. The normalized spacial score (nSPS) is 20.2. The lowest BCUT2D eigenvalue weighted by Crippen LogP contribution is -2.54. The van der Waals surface area contributed by atoms with Crippen LogP contribution in [-0.2, 0) is 27.0 Å². The molecule has 1 amide bonds. The summed E-state index contributed by atoms with van der Waals surface area (Å²) in [5.41, 5.74) is -1.97. The molecule has 1 aliphatic heterocycles. The molecule has 0 aliphatic carbocycles. The van der Waals surface area contributed by atoms with Crippen LogP contribution in [0.25, 0.3) is 0 Å². The van der Waals surface area contributed by atoms with Gasteiger partial charge in [-0.05, 0) is 44.9 Å². The molecule has 1 heterocycles. The minimum atomic E-state index is -4.40. The quantitative estimate of drug-likeness (QED) is 0.783. The maximum absolute atomic E-state index is 12.7. The van der Waals surface area contributed by atoms with Crippen molar-refractivity contribution in [1.29, 1.82) is 0 Å². The fourth-order valence-corrected chi connectivity index (χ4v) is 2.95. The van der Waals surface area contributed by atoms with E-state index in [1.807, 2.05) is 0 Å². The molecule has 0 aromatic heterocycles. The van der Waals surface area contributed by atoms with Crippen LogP contribution < -0.4 is 5.32 Å². The van der Waals surface area contributed by atoms with E-state index < -0.39 is 34.9 Å². The van der Waals surface area contributed by atoms with Crippen molar-refractivity contribution >= 4 is 12.1 Å². The third-order valence-electron chi connectivity index (χ3n) is 4.41. The molecule has 2 rings (SSSR count). The van der Waals surface area contributed by atoms with Gasteiger partial charge in [0.05, 0.1) is 19.2 Å². The van der Waals surface area contributed by atoms with Crippen LogP contribution in [0.4, 0.5) is 18.0 Å². The SMILES string of the molecule is COC(=O)[C@]1(NCc2ccc(C(F)(F)F)cc2)CCN(C(=O)OC(C)(C)C)C1. The van der Waals surface area contributed by atoms with Gasteiger partial charge in [0.15, 0.2) is 0 Å². The standard InChI is InChI=1S/C19H25F3N2O4/c1-17(2,3)28-16(26)24-10-9-18(12-24,15(25)27-4)23-11-13-5-7-14(8-6-13)19(20,21)22/h5-8,23H,9-12H2,1-4H3/t18-/m0/s1. The lowest BCUT2D eigenvalue weighted by atomic mass is 9.98. The number of carbonyl (C=O) groups is 2. The number of nitrogens with one attached hydrogen (secondary N) is 1. The lowest BCUT2D eigenvalue weighted by molar-refractivity contribution is -0.148. The number of methoxy groups -OCH3 is 1. The molecule has 9 heteroatoms. The second-order valence-electron chi connectivity index (χ2n) is 7.77. The Morgan fingerprint density at radius 2 is 1.79 bits per heavy atom. The highest BCUT2D eigenvalue weighted by Crippen LogP contribution is 2.29. The number of amides is 1. The first-order chi connectivity index (χ1) is 12.9. The number of carbonyl (C=O) groups excluding carboxylic acids is 2. The lowest BCUT2D eigenvalue weighted by Gasteiger charge is -2.29. The molecule has 0 radical (unpaired) electrons. The number of hydrogen-bond donors (Lipinski definition) is 1. The molecule has 1 aliphatic rings. The molecule has 156 valence electrons. The minimum Gasteiger partial charge on any atom is -0.468 e. The zero-order chi connectivity index (χ0) is 21.2. The third kappa shape index (κ3) is 5.37. The van der Waals surface area contributed by atoms with Crippen molar-refractivity contribution in [2.24, 2.45) is 0 Å². The molecule has 1 atom stereocenters. The van der Waals surface area contributed by atoms with Crippen LogP contribution in [0.1, 0.15) is 38.3 Å². The van der Waals surface area contributed by atoms with Crippen molar-refractivity contribution in [3.8, 4) is 0 Å². The van der Waals surface area contributed by atoms with Gasteiger partial charge in [0.25, 0.3) is 0 Å². The number of halogens is 3. The first-order valence-electron chi connectivity index (χ1n) is 8.84. The van der Waals surface area contributed by atoms with E-state index in [2.05, 4.69) is 5.32 Å². The molecule has 1 aromatic rings. The van der Waals surface area contributed by atoms with Gasteiger partial charge in [-0.15, -0.1) is 0 Å². The van der Waals surface area contributed by atoms with Crippen LogP contribution in [0.15, 0.2) is 24.3 Å². The van der Waals surface area contributed by atoms with Crippen molar-refractivity contribution in [3.63, 3.8) is 0 Å². The fourth-order valence-electron chi connectivity index (χ4n) is 2.95. The zero-order valence-corrected chi connectivity index (χ0v) is 16.4. The van der Waals surface area contributed by atoms with Crippen LogP contribution in [0.2, 0.25) is 0 Å². The number of nitrogens with zero attached hydrogens (tertiary/aromatic N) is 1. The average Bonchev–Trinajstić information content (AvgIpc) is 3.03. The number of alkyl halides is 3. The Bertz CT molecular complexity index is 713. The third-order valence-corrected chi connectivity index (χ3v) is 4.41. The Morgan fingerprint density at radius 3 is 2.29 bits per heavy atom. The second-order valence-corrected chi connectivity index (χ2v) is 7.77. The van der Waals surface area contributed by atoms with E-state index in [1.165, 1.54) is 24.1 Å². The number of esters is 1. The molecule has 0 bridgehead atoms. The summed E-state index contributed by atoms with van der Waals surface area (Å²) in [4.78, 5) is 26.1. The molecule has 0 unspecified atom stereocenters. The van der Waals surface area contributed by atoms with Gasteiger partial charge < -0.3 is 14.4 Å². The topological polar surface area (TPSA) is 67.9 Å². The van der Waals surface area contributed by atoms with Crippen LogP contribution in [0.3, 0.4) is 0 Å². The summed E-state index contributed by atoms with van der Waals surface area (Å²) in [6.07, 6.45) is -4.63. The number of hydrogen-bond acceptors (Lipinski definition) is 5. The number of rotatable bonds is 4. The van der Waals surface area contributed by atoms with Crippen molar-refractivity contribution in [2.75, 3.05) is 20.2 Å². The Kier molecular flexibility index (Phi) is 6.27. The molecular formula is C19H25F3N2O4. The van der Waals surface area contributed by atoms with Crippen LogP contribution >= 0.6 is 0 Å². The zero-order valence-electron chi connectivity index (χ0n) is 16.4. The molecule has 1 fully saturated rings. The van der Waals surface area contributed by atoms with Crippen molar-refractivity contribution < 1.29 is 32.2 Å². The van der Waals surface area contributed by atoms with Crippen LogP contribution in [-0.4, -0.2) is 48.3 Å². The summed E-state index contributed by atoms with van der Waals surface area (Å²) < 4.78 is 48.2. The average molecular weight is 402 g/mol. The van der Waals surface area contributed by atoms with Crippen molar-refractivity contribution in [1.82, 2.24) is 10.2 Å². The predicted octanol–water partition coefficient (Wildman–Crippen LogP) is 3.35. The van der Waals surface area contributed by atoms with Gasteiger partial charge in [-0.2, -0.15) is 13.2 Å². The summed E-state index contributed by atoms with van der Waals surface area (Å²) in [6.45, 7) is 5.74. The van der Waals surface area contributed by atoms with E-state index in [9.17, 15) is 22.8 Å². The number of likely N-dealkylation sites (tertiary alicyclic amines) is 1. The first-order valence-corrected chi connectivity index (χ1v) is 8.84. The van der Waals surface area contributed by atoms with E-state index in [4.69, 9.17) is 9.47 Å². The molecule has 1 N–H and O–H groups in total. The summed E-state index contributed by atoms with van der Waals surface area (Å²) >= 11 is 0. The molecule has 1 saturated heterocycles. The van der Waals surface area contributed by atoms with E-state index in [0.29, 0.717) is 18.5 Å². The Labute approximate surface area is 162 Å². The van der Waals surface area contributed by atoms with Crippen molar-refractivity contribution in [2.45, 2.75) is 51.1 Å². The highest BCUT2D eigenvalue weighted by atomic mass is 19.4. The van der Waals surface area contributed by atoms with Gasteiger partial charge in [0.2, 0.25) is 0 Å². The van der Waals surface area contributed by atoms with Gasteiger partial charge >= 0.3 is 18.2 Å². The van der Waals surface area contributed by atoms with Crippen molar-refractivity contribution in [3.05, 3.63) is 35.4 Å².